The van der Waals surface area contributed by atoms with E-state index in [0.717, 1.165) is 29.1 Å². The van der Waals surface area contributed by atoms with Crippen molar-refractivity contribution in [3.05, 3.63) is 59.1 Å². The molecule has 1 heterocycles. The minimum absolute atomic E-state index is 0.180. The Kier molecular flexibility index (Phi) is 8.49. The van der Waals surface area contributed by atoms with Crippen molar-refractivity contribution in [2.24, 2.45) is 5.10 Å². The zero-order valence-corrected chi connectivity index (χ0v) is 19.0. The van der Waals surface area contributed by atoms with Crippen molar-refractivity contribution in [2.75, 3.05) is 12.4 Å². The van der Waals surface area contributed by atoms with Gasteiger partial charge in [0, 0.05) is 17.1 Å². The number of hydrazone groups is 1. The van der Waals surface area contributed by atoms with Crippen LogP contribution in [-0.4, -0.2) is 39.2 Å². The summed E-state index contributed by atoms with van der Waals surface area (Å²) in [6.07, 6.45) is 2.56. The van der Waals surface area contributed by atoms with E-state index in [2.05, 4.69) is 27.6 Å². The van der Waals surface area contributed by atoms with Gasteiger partial charge in [-0.05, 0) is 67.4 Å². The first-order chi connectivity index (χ1) is 15.1. The maximum atomic E-state index is 12.2. The van der Waals surface area contributed by atoms with Gasteiger partial charge in [0.05, 0.1) is 18.6 Å². The summed E-state index contributed by atoms with van der Waals surface area (Å²) in [7, 11) is 0. The number of aromatic nitrogens is 3. The van der Waals surface area contributed by atoms with Gasteiger partial charge in [-0.1, -0.05) is 30.3 Å². The van der Waals surface area contributed by atoms with Crippen molar-refractivity contribution in [1.82, 2.24) is 20.2 Å². The molecule has 0 saturated carbocycles. The summed E-state index contributed by atoms with van der Waals surface area (Å²) in [5, 5.41) is 13.9. The smallest absolute Gasteiger partial charge is 0.250 e. The van der Waals surface area contributed by atoms with E-state index in [1.54, 1.807) is 6.21 Å². The quantitative estimate of drug-likeness (QED) is 0.272. The van der Waals surface area contributed by atoms with Crippen molar-refractivity contribution in [2.45, 2.75) is 32.0 Å². The number of thioether (sulfide) groups is 1. The van der Waals surface area contributed by atoms with Gasteiger partial charge in [-0.3, -0.25) is 4.79 Å². The fourth-order valence-corrected chi connectivity index (χ4v) is 3.62. The third-order valence-electron chi connectivity index (χ3n) is 4.22. The van der Waals surface area contributed by atoms with E-state index in [1.165, 1.54) is 11.8 Å². The van der Waals surface area contributed by atoms with Gasteiger partial charge in [0.1, 0.15) is 5.75 Å². The zero-order valence-electron chi connectivity index (χ0n) is 17.4. The first kappa shape index (κ1) is 22.8. The maximum Gasteiger partial charge on any atom is 0.250 e. The molecule has 3 aromatic rings. The van der Waals surface area contributed by atoms with Gasteiger partial charge in [0.15, 0.2) is 11.0 Å². The lowest BCUT2D eigenvalue weighted by molar-refractivity contribution is -0.118. The molecular formula is C22H24ClN5O2S. The third-order valence-corrected chi connectivity index (χ3v) is 5.44. The molecule has 0 fully saturated rings. The highest BCUT2D eigenvalue weighted by Crippen LogP contribution is 2.25. The number of benzene rings is 2. The second kappa shape index (κ2) is 11.5. The molecule has 31 heavy (non-hydrogen) atoms. The summed E-state index contributed by atoms with van der Waals surface area (Å²) in [4.78, 5) is 12.2. The fraction of sp³-hybridized carbons (Fsp3) is 0.273. The Hall–Kier alpha value is -2.84. The van der Waals surface area contributed by atoms with Crippen LogP contribution in [0.3, 0.4) is 0 Å². The number of carbonyl (C=O) groups excluding carboxylic acids is 1. The number of nitrogens with one attached hydrogen (secondary N) is 1. The third kappa shape index (κ3) is 6.57. The monoisotopic (exact) mass is 457 g/mol. The normalized spacial score (nSPS) is 11.1. The Labute approximate surface area is 190 Å². The summed E-state index contributed by atoms with van der Waals surface area (Å²) in [5.41, 5.74) is 4.33. The molecule has 162 valence electrons. The number of nitrogens with zero attached hydrogens (tertiary/aromatic N) is 4. The topological polar surface area (TPSA) is 81.4 Å². The predicted molar refractivity (Wildman–Crippen MR) is 125 cm³/mol. The van der Waals surface area contributed by atoms with E-state index >= 15 is 0 Å². The van der Waals surface area contributed by atoms with E-state index in [9.17, 15) is 4.79 Å². The molecule has 0 aliphatic heterocycles. The van der Waals surface area contributed by atoms with E-state index in [0.29, 0.717) is 23.3 Å². The predicted octanol–water partition coefficient (Wildman–Crippen LogP) is 4.65. The van der Waals surface area contributed by atoms with Gasteiger partial charge in [-0.15, -0.1) is 10.2 Å². The molecule has 0 spiro atoms. The largest absolute Gasteiger partial charge is 0.494 e. The van der Waals surface area contributed by atoms with Gasteiger partial charge >= 0.3 is 0 Å². The average Bonchev–Trinajstić information content (AvgIpc) is 3.20. The van der Waals surface area contributed by atoms with E-state index in [4.69, 9.17) is 16.3 Å². The molecule has 9 heteroatoms. The summed E-state index contributed by atoms with van der Waals surface area (Å²) in [6.45, 7) is 5.45. The summed E-state index contributed by atoms with van der Waals surface area (Å²) >= 11 is 7.28. The molecule has 0 bridgehead atoms. The highest BCUT2D eigenvalue weighted by atomic mass is 35.5. The molecule has 2 aromatic carbocycles. The molecule has 1 aromatic heterocycles. The van der Waals surface area contributed by atoms with Crippen molar-refractivity contribution in [3.8, 4) is 17.1 Å². The highest BCUT2D eigenvalue weighted by molar-refractivity contribution is 7.99. The van der Waals surface area contributed by atoms with E-state index in [1.807, 2.05) is 60.0 Å². The molecule has 0 aliphatic rings. The minimum Gasteiger partial charge on any atom is -0.494 e. The number of amides is 1. The molecule has 0 saturated heterocycles. The Morgan fingerprint density at radius 2 is 1.90 bits per heavy atom. The number of halogens is 1. The van der Waals surface area contributed by atoms with E-state index in [-0.39, 0.29) is 11.7 Å². The fourth-order valence-electron chi connectivity index (χ4n) is 2.70. The Bertz CT molecular complexity index is 1020. The van der Waals surface area contributed by atoms with Gasteiger partial charge < -0.3 is 9.30 Å². The molecule has 7 nitrogen and oxygen atoms in total. The van der Waals surface area contributed by atoms with Crippen LogP contribution < -0.4 is 10.2 Å². The van der Waals surface area contributed by atoms with Crippen molar-refractivity contribution >= 4 is 35.5 Å². The zero-order chi connectivity index (χ0) is 22.1. The number of carbonyl (C=O) groups is 1. The van der Waals surface area contributed by atoms with Crippen LogP contribution in [0.5, 0.6) is 5.75 Å². The number of ether oxygens (including phenoxy) is 1. The Morgan fingerprint density at radius 3 is 2.58 bits per heavy atom. The molecule has 1 N–H and O–H groups in total. The lowest BCUT2D eigenvalue weighted by Crippen LogP contribution is -2.20. The van der Waals surface area contributed by atoms with Crippen molar-refractivity contribution in [1.29, 1.82) is 0 Å². The second-order valence-electron chi connectivity index (χ2n) is 6.56. The van der Waals surface area contributed by atoms with Crippen LogP contribution in [-0.2, 0) is 11.3 Å². The number of rotatable bonds is 10. The lowest BCUT2D eigenvalue weighted by Gasteiger charge is -2.07. The van der Waals surface area contributed by atoms with Gasteiger partial charge in [-0.2, -0.15) is 5.10 Å². The van der Waals surface area contributed by atoms with Crippen LogP contribution in [0.25, 0.3) is 11.4 Å². The first-order valence-electron chi connectivity index (χ1n) is 9.97. The molecule has 0 radical (unpaired) electrons. The molecule has 0 atom stereocenters. The van der Waals surface area contributed by atoms with Gasteiger partial charge in [0.25, 0.3) is 5.91 Å². The Morgan fingerprint density at radius 1 is 1.16 bits per heavy atom. The molecule has 0 aliphatic carbocycles. The van der Waals surface area contributed by atoms with Crippen molar-refractivity contribution < 1.29 is 9.53 Å². The highest BCUT2D eigenvalue weighted by Gasteiger charge is 2.14. The summed E-state index contributed by atoms with van der Waals surface area (Å²) in [6, 6.07) is 15.0. The number of hydrogen-bond donors (Lipinski definition) is 1. The molecule has 3 rings (SSSR count). The molecular weight excluding hydrogens is 434 g/mol. The van der Waals surface area contributed by atoms with Crippen LogP contribution in [0.1, 0.15) is 25.8 Å². The van der Waals surface area contributed by atoms with E-state index < -0.39 is 0 Å². The SMILES string of the molecule is CCCOc1ccc(/C=N\NC(=O)CSc2nnc(-c3ccc(Cl)cc3)n2CC)cc1. The van der Waals surface area contributed by atoms with Crippen LogP contribution in [0.4, 0.5) is 0 Å². The number of hydrogen-bond acceptors (Lipinski definition) is 6. The lowest BCUT2D eigenvalue weighted by atomic mass is 10.2. The molecule has 0 unspecified atom stereocenters. The summed E-state index contributed by atoms with van der Waals surface area (Å²) < 4.78 is 7.51. The van der Waals surface area contributed by atoms with Crippen LogP contribution >= 0.6 is 23.4 Å². The second-order valence-corrected chi connectivity index (χ2v) is 7.94. The average molecular weight is 458 g/mol. The first-order valence-corrected chi connectivity index (χ1v) is 11.3. The maximum absolute atomic E-state index is 12.2. The van der Waals surface area contributed by atoms with Gasteiger partial charge in [-0.25, -0.2) is 5.43 Å². The molecule has 1 amide bonds. The van der Waals surface area contributed by atoms with Crippen LogP contribution in [0, 0.1) is 0 Å². The minimum atomic E-state index is -0.220. The summed E-state index contributed by atoms with van der Waals surface area (Å²) in [5.74, 6) is 1.52. The standard InChI is InChI=1S/C22H24ClN5O2S/c1-3-13-30-19-11-5-16(6-12-19)14-24-25-20(29)15-31-22-27-26-21(28(22)4-2)17-7-9-18(23)10-8-17/h5-12,14H,3-4,13,15H2,1-2H3,(H,25,29)/b24-14-. The van der Waals surface area contributed by atoms with Crippen LogP contribution in [0.2, 0.25) is 5.02 Å². The van der Waals surface area contributed by atoms with Crippen molar-refractivity contribution in [3.63, 3.8) is 0 Å². The van der Waals surface area contributed by atoms with Crippen LogP contribution in [0.15, 0.2) is 58.8 Å². The van der Waals surface area contributed by atoms with Gasteiger partial charge in [0.2, 0.25) is 0 Å². The Balaban J connectivity index is 1.52.